The molecule has 0 spiro atoms. The Bertz CT molecular complexity index is 1840. The van der Waals surface area contributed by atoms with Gasteiger partial charge in [-0.15, -0.1) is 0 Å². The molecule has 9 unspecified atom stereocenters. The van der Waals surface area contributed by atoms with Crippen molar-refractivity contribution in [1.29, 1.82) is 0 Å². The molecule has 1 aromatic rings. The number of nitrogens with zero attached hydrogens (tertiary/aromatic N) is 1. The molecule has 1 saturated heterocycles. The first-order chi connectivity index (χ1) is 25.3. The maximum atomic E-state index is 13.3. The van der Waals surface area contributed by atoms with Crippen LogP contribution in [0.25, 0.3) is 5.57 Å². The van der Waals surface area contributed by atoms with Crippen LogP contribution in [0.5, 0.6) is 0 Å². The molecule has 2 amide bonds. The van der Waals surface area contributed by atoms with Crippen molar-refractivity contribution in [1.82, 2.24) is 10.2 Å². The molecule has 8 nitrogen and oxygen atoms in total. The number of amides is 2. The van der Waals surface area contributed by atoms with E-state index in [9.17, 15) is 27.9 Å². The van der Waals surface area contributed by atoms with Crippen LogP contribution in [0.2, 0.25) is 0 Å². The third kappa shape index (κ3) is 6.21. The second kappa shape index (κ2) is 13.6. The summed E-state index contributed by atoms with van der Waals surface area (Å²) in [7, 11) is -3.07. The van der Waals surface area contributed by atoms with Crippen LogP contribution in [0.4, 0.5) is 0 Å². The zero-order valence-electron chi connectivity index (χ0n) is 33.6. The predicted molar refractivity (Wildman–Crippen MR) is 213 cm³/mol. The molecule has 5 aliphatic carbocycles. The number of aromatic carboxylic acids is 1. The van der Waals surface area contributed by atoms with Crippen molar-refractivity contribution < 1.29 is 27.9 Å². The SMILES string of the molecule is C=C(C)C1CCC2(CNC(=O)CCC(=O)N3CCS(=O)(=O)CC3)CCC3(C)C(CCC4C5(C)CC=C(c6ccc(C(=O)O)cc6)C(C)(C)C5CCC43C)C12. The summed E-state index contributed by atoms with van der Waals surface area (Å²) >= 11 is 0. The number of carboxylic acids is 1. The fourth-order valence-electron chi connectivity index (χ4n) is 14.2. The van der Waals surface area contributed by atoms with Crippen LogP contribution in [-0.2, 0) is 19.4 Å². The molecule has 296 valence electrons. The molecule has 6 aliphatic rings. The van der Waals surface area contributed by atoms with Crippen LogP contribution in [0, 0.1) is 56.7 Å². The Morgan fingerprint density at radius 1 is 0.870 bits per heavy atom. The maximum absolute atomic E-state index is 13.3. The van der Waals surface area contributed by atoms with Gasteiger partial charge in [-0.2, -0.15) is 0 Å². The van der Waals surface area contributed by atoms with Gasteiger partial charge in [0, 0.05) is 32.5 Å². The van der Waals surface area contributed by atoms with Crippen LogP contribution < -0.4 is 5.32 Å². The Hall–Kier alpha value is -2.94. The molecule has 1 heterocycles. The van der Waals surface area contributed by atoms with Gasteiger partial charge in [0.05, 0.1) is 17.1 Å². The number of carbonyl (C=O) groups is 3. The van der Waals surface area contributed by atoms with Gasteiger partial charge >= 0.3 is 5.97 Å². The average molecular weight is 761 g/mol. The molecular formula is C45H64N2O6S. The van der Waals surface area contributed by atoms with E-state index in [-0.39, 0.29) is 76.3 Å². The first-order valence-electron chi connectivity index (χ1n) is 20.7. The van der Waals surface area contributed by atoms with Crippen LogP contribution in [0.3, 0.4) is 0 Å². The summed E-state index contributed by atoms with van der Waals surface area (Å²) in [4.78, 5) is 39.3. The molecule has 5 fully saturated rings. The number of hydrogen-bond acceptors (Lipinski definition) is 5. The molecule has 9 heteroatoms. The quantitative estimate of drug-likeness (QED) is 0.258. The Balaban J connectivity index is 1.09. The van der Waals surface area contributed by atoms with E-state index >= 15 is 0 Å². The third-order valence-electron chi connectivity index (χ3n) is 17.2. The molecule has 1 aromatic carbocycles. The zero-order valence-corrected chi connectivity index (χ0v) is 34.5. The Kier molecular flexibility index (Phi) is 9.91. The lowest BCUT2D eigenvalue weighted by Gasteiger charge is -2.72. The lowest BCUT2D eigenvalue weighted by molar-refractivity contribution is -0.225. The monoisotopic (exact) mass is 760 g/mol. The Morgan fingerprint density at radius 3 is 2.20 bits per heavy atom. The van der Waals surface area contributed by atoms with E-state index in [0.29, 0.717) is 41.7 Å². The highest BCUT2D eigenvalue weighted by Crippen LogP contribution is 2.77. The first kappa shape index (κ1) is 39.3. The summed E-state index contributed by atoms with van der Waals surface area (Å²) in [5, 5.41) is 12.8. The van der Waals surface area contributed by atoms with E-state index in [1.54, 1.807) is 17.0 Å². The third-order valence-corrected chi connectivity index (χ3v) is 18.8. The summed E-state index contributed by atoms with van der Waals surface area (Å²) in [6.45, 7) is 20.6. The second-order valence-corrected chi connectivity index (χ2v) is 22.1. The van der Waals surface area contributed by atoms with E-state index < -0.39 is 15.8 Å². The molecular weight excluding hydrogens is 697 g/mol. The molecule has 2 N–H and O–H groups in total. The van der Waals surface area contributed by atoms with E-state index in [1.807, 2.05) is 12.1 Å². The van der Waals surface area contributed by atoms with Crippen molar-refractivity contribution in [2.24, 2.45) is 56.7 Å². The van der Waals surface area contributed by atoms with Gasteiger partial charge in [0.15, 0.2) is 9.84 Å². The minimum Gasteiger partial charge on any atom is -0.478 e. The first-order valence-corrected chi connectivity index (χ1v) is 22.5. The lowest BCUT2D eigenvalue weighted by atomic mass is 9.32. The van der Waals surface area contributed by atoms with E-state index in [4.69, 9.17) is 0 Å². The van der Waals surface area contributed by atoms with Gasteiger partial charge in [-0.05, 0) is 145 Å². The van der Waals surface area contributed by atoms with E-state index in [2.05, 4.69) is 59.5 Å². The van der Waals surface area contributed by atoms with Crippen LogP contribution in [0.1, 0.15) is 128 Å². The fourth-order valence-corrected chi connectivity index (χ4v) is 15.4. The standard InChI is InChI=1S/C45H64N2O6S/c1-29(2)32-16-21-45(28-46-37(48)14-15-38(49)47-24-26-54(52,53)27-25-47)23-22-43(6)34(39(32)45)12-13-36-42(5)19-17-33(30-8-10-31(11-9-30)40(50)51)41(3,4)35(42)18-20-44(36,43)7/h8-11,17,32,34-36,39H,1,12-16,18-28H2,2-7H3,(H,46,48)(H,50,51). The number of allylic oxidation sites excluding steroid dienone is 3. The molecule has 9 atom stereocenters. The summed E-state index contributed by atoms with van der Waals surface area (Å²) in [6.07, 6.45) is 13.1. The van der Waals surface area contributed by atoms with Crippen molar-refractivity contribution >= 4 is 33.2 Å². The predicted octanol–water partition coefficient (Wildman–Crippen LogP) is 8.19. The number of nitrogens with one attached hydrogen (secondary N) is 1. The van der Waals surface area contributed by atoms with Gasteiger partial charge in [-0.3, -0.25) is 9.59 Å². The number of sulfone groups is 1. The number of carbonyl (C=O) groups excluding carboxylic acids is 2. The van der Waals surface area contributed by atoms with Crippen molar-refractivity contribution in [2.75, 3.05) is 31.1 Å². The highest BCUT2D eigenvalue weighted by atomic mass is 32.2. The van der Waals surface area contributed by atoms with Crippen LogP contribution in [0.15, 0.2) is 42.5 Å². The summed E-state index contributed by atoms with van der Waals surface area (Å²) < 4.78 is 23.6. The Labute approximate surface area is 323 Å². The number of benzene rings is 1. The zero-order chi connectivity index (χ0) is 39.1. The van der Waals surface area contributed by atoms with Gasteiger partial charge in [-0.25, -0.2) is 13.2 Å². The molecule has 7 rings (SSSR count). The van der Waals surface area contributed by atoms with Gasteiger partial charge in [-0.1, -0.05) is 65.0 Å². The van der Waals surface area contributed by atoms with Crippen molar-refractivity contribution in [2.45, 2.75) is 112 Å². The van der Waals surface area contributed by atoms with Gasteiger partial charge in [0.25, 0.3) is 0 Å². The summed E-state index contributed by atoms with van der Waals surface area (Å²) in [5.41, 5.74) is 4.63. The topological polar surface area (TPSA) is 121 Å². The fraction of sp³-hybridized carbons (Fsp3) is 0.711. The lowest BCUT2D eigenvalue weighted by Crippen LogP contribution is -2.66. The van der Waals surface area contributed by atoms with Gasteiger partial charge < -0.3 is 15.3 Å². The summed E-state index contributed by atoms with van der Waals surface area (Å²) in [5.74, 6) is 1.50. The average Bonchev–Trinajstić information content (AvgIpc) is 3.50. The van der Waals surface area contributed by atoms with Crippen molar-refractivity contribution in [3.8, 4) is 0 Å². The normalized spacial score (nSPS) is 39.2. The minimum absolute atomic E-state index is 0.000864. The maximum Gasteiger partial charge on any atom is 0.335 e. The molecule has 0 bridgehead atoms. The number of hydrogen-bond donors (Lipinski definition) is 2. The van der Waals surface area contributed by atoms with Gasteiger partial charge in [0.1, 0.15) is 0 Å². The Morgan fingerprint density at radius 2 is 1.56 bits per heavy atom. The molecule has 4 saturated carbocycles. The van der Waals surface area contributed by atoms with Crippen LogP contribution in [-0.4, -0.2) is 67.3 Å². The highest BCUT2D eigenvalue weighted by molar-refractivity contribution is 7.91. The summed E-state index contributed by atoms with van der Waals surface area (Å²) in [6, 6.07) is 7.49. The molecule has 0 aromatic heterocycles. The highest BCUT2D eigenvalue weighted by Gasteiger charge is 2.70. The van der Waals surface area contributed by atoms with E-state index in [1.165, 1.54) is 36.8 Å². The molecule has 0 radical (unpaired) electrons. The van der Waals surface area contributed by atoms with Crippen molar-refractivity contribution in [3.63, 3.8) is 0 Å². The number of fused-ring (bicyclic) bond motifs is 7. The largest absolute Gasteiger partial charge is 0.478 e. The molecule has 54 heavy (non-hydrogen) atoms. The van der Waals surface area contributed by atoms with Gasteiger partial charge in [0.2, 0.25) is 11.8 Å². The number of carboxylic acid groups (broad SMARTS) is 1. The minimum atomic E-state index is -3.07. The van der Waals surface area contributed by atoms with Crippen LogP contribution >= 0.6 is 0 Å². The van der Waals surface area contributed by atoms with Crippen molar-refractivity contribution in [3.05, 3.63) is 53.6 Å². The number of rotatable bonds is 8. The second-order valence-electron chi connectivity index (χ2n) is 19.8. The molecule has 1 aliphatic heterocycles. The van der Waals surface area contributed by atoms with E-state index in [0.717, 1.165) is 37.7 Å². The smallest absolute Gasteiger partial charge is 0.335 e.